The Bertz CT molecular complexity index is 1940. The monoisotopic (exact) mass is 593 g/mol. The van der Waals surface area contributed by atoms with Gasteiger partial charge in [-0.25, -0.2) is 9.79 Å². The number of benzene rings is 3. The summed E-state index contributed by atoms with van der Waals surface area (Å²) in [6, 6.07) is 23.3. The molecular formula is C34H31N3O5S. The smallest absolute Gasteiger partial charge is 0.338 e. The van der Waals surface area contributed by atoms with E-state index in [9.17, 15) is 14.4 Å². The average molecular weight is 594 g/mol. The molecule has 1 atom stereocenters. The van der Waals surface area contributed by atoms with Crippen molar-refractivity contribution in [3.8, 4) is 5.75 Å². The van der Waals surface area contributed by atoms with Crippen molar-refractivity contribution in [1.82, 2.24) is 4.57 Å². The van der Waals surface area contributed by atoms with Gasteiger partial charge in [0.15, 0.2) is 4.80 Å². The maximum Gasteiger partial charge on any atom is 0.338 e. The summed E-state index contributed by atoms with van der Waals surface area (Å²) in [5, 5.41) is 0. The molecule has 1 aromatic heterocycles. The Kier molecular flexibility index (Phi) is 7.58. The number of thiazole rings is 1. The average Bonchev–Trinajstić information content (AvgIpc) is 3.49. The lowest BCUT2D eigenvalue weighted by Gasteiger charge is -2.26. The van der Waals surface area contributed by atoms with Gasteiger partial charge >= 0.3 is 5.97 Å². The van der Waals surface area contributed by atoms with E-state index in [1.807, 2.05) is 99.6 Å². The third kappa shape index (κ3) is 4.79. The topological polar surface area (TPSA) is 90.2 Å². The van der Waals surface area contributed by atoms with Crippen LogP contribution in [-0.4, -0.2) is 35.7 Å². The zero-order valence-corrected chi connectivity index (χ0v) is 25.2. The molecule has 0 N–H and O–H groups in total. The lowest BCUT2D eigenvalue weighted by molar-refractivity contribution is -0.138. The van der Waals surface area contributed by atoms with E-state index in [1.165, 1.54) is 4.57 Å². The van der Waals surface area contributed by atoms with Gasteiger partial charge in [0.2, 0.25) is 0 Å². The first-order valence-electron chi connectivity index (χ1n) is 14.3. The molecule has 0 radical (unpaired) electrons. The van der Waals surface area contributed by atoms with Gasteiger partial charge in [-0.15, -0.1) is 0 Å². The third-order valence-corrected chi connectivity index (χ3v) is 8.52. The van der Waals surface area contributed by atoms with Crippen molar-refractivity contribution in [3.63, 3.8) is 0 Å². The Balaban J connectivity index is 1.69. The second-order valence-corrected chi connectivity index (χ2v) is 11.4. The van der Waals surface area contributed by atoms with E-state index in [1.54, 1.807) is 11.8 Å². The number of carbonyl (C=O) groups is 2. The van der Waals surface area contributed by atoms with Gasteiger partial charge in [-0.2, -0.15) is 0 Å². The predicted molar refractivity (Wildman–Crippen MR) is 167 cm³/mol. The lowest BCUT2D eigenvalue weighted by Crippen LogP contribution is -2.41. The van der Waals surface area contributed by atoms with Crippen molar-refractivity contribution >= 4 is 40.2 Å². The molecule has 1 amide bonds. The number of aromatic nitrogens is 1. The van der Waals surface area contributed by atoms with Gasteiger partial charge in [0.1, 0.15) is 10.3 Å². The van der Waals surface area contributed by atoms with Crippen molar-refractivity contribution < 1.29 is 19.1 Å². The van der Waals surface area contributed by atoms with Crippen LogP contribution in [0.25, 0.3) is 11.3 Å². The zero-order chi connectivity index (χ0) is 30.2. The Morgan fingerprint density at radius 1 is 0.930 bits per heavy atom. The molecule has 6 rings (SSSR count). The van der Waals surface area contributed by atoms with E-state index in [2.05, 4.69) is 0 Å². The summed E-state index contributed by atoms with van der Waals surface area (Å²) in [5.41, 5.74) is 3.52. The molecule has 2 aliphatic heterocycles. The summed E-state index contributed by atoms with van der Waals surface area (Å²) in [7, 11) is 0. The SMILES string of the molecule is CCOC(=O)C1=C(c2ccccc2)N=c2s/c(=C3\C(=O)N(C(C)C)c4ccccc43)c(=O)n2[C@@H]1c1ccc(OCC)cc1. The molecule has 2 aliphatic rings. The second-order valence-electron chi connectivity index (χ2n) is 10.4. The van der Waals surface area contributed by atoms with E-state index < -0.39 is 12.0 Å². The van der Waals surface area contributed by atoms with E-state index in [-0.39, 0.29) is 34.2 Å². The highest BCUT2D eigenvalue weighted by molar-refractivity contribution is 7.07. The van der Waals surface area contributed by atoms with E-state index in [4.69, 9.17) is 14.5 Å². The number of carbonyl (C=O) groups excluding carboxylic acids is 2. The molecule has 0 saturated heterocycles. The number of ether oxygens (including phenoxy) is 2. The number of anilines is 1. The van der Waals surface area contributed by atoms with Crippen LogP contribution >= 0.6 is 11.3 Å². The quantitative estimate of drug-likeness (QED) is 0.295. The summed E-state index contributed by atoms with van der Waals surface area (Å²) in [6.45, 7) is 8.21. The van der Waals surface area contributed by atoms with Crippen LogP contribution in [0.2, 0.25) is 0 Å². The third-order valence-electron chi connectivity index (χ3n) is 7.47. The van der Waals surface area contributed by atoms with E-state index >= 15 is 0 Å². The summed E-state index contributed by atoms with van der Waals surface area (Å²) < 4.78 is 13.0. The van der Waals surface area contributed by atoms with Gasteiger partial charge in [-0.1, -0.05) is 72.0 Å². The van der Waals surface area contributed by atoms with Crippen molar-refractivity contribution in [2.75, 3.05) is 18.1 Å². The van der Waals surface area contributed by atoms with Crippen molar-refractivity contribution in [3.05, 3.63) is 121 Å². The number of rotatable bonds is 7. The second kappa shape index (κ2) is 11.5. The standard InChI is InChI=1S/C34H31N3O5S/c1-5-41-23-18-16-22(17-19-23)29-27(33(40)42-6-2)28(21-12-8-7-9-13-21)35-34-37(29)32(39)30(43-34)26-24-14-10-11-15-25(24)36(20(3)4)31(26)38/h7-20,29H,5-6H2,1-4H3/b30-26-/t29-/m1/s1. The van der Waals surface area contributed by atoms with Crippen LogP contribution in [0, 0.1) is 0 Å². The molecule has 4 aromatic rings. The first-order valence-corrected chi connectivity index (χ1v) is 15.1. The fraction of sp³-hybridized carbons (Fsp3) is 0.235. The number of para-hydroxylation sites is 1. The van der Waals surface area contributed by atoms with Crippen LogP contribution in [0.3, 0.4) is 0 Å². The van der Waals surface area contributed by atoms with Gasteiger partial charge in [-0.05, 0) is 51.5 Å². The van der Waals surface area contributed by atoms with Crippen molar-refractivity contribution in [2.24, 2.45) is 4.99 Å². The molecular weight excluding hydrogens is 562 g/mol. The highest BCUT2D eigenvalue weighted by Gasteiger charge is 2.38. The van der Waals surface area contributed by atoms with Gasteiger partial charge in [0.05, 0.1) is 41.8 Å². The summed E-state index contributed by atoms with van der Waals surface area (Å²) in [5.74, 6) is -0.116. The summed E-state index contributed by atoms with van der Waals surface area (Å²) >= 11 is 1.16. The van der Waals surface area contributed by atoms with Gasteiger partial charge in [-0.3, -0.25) is 14.2 Å². The zero-order valence-electron chi connectivity index (χ0n) is 24.4. The van der Waals surface area contributed by atoms with Crippen molar-refractivity contribution in [1.29, 1.82) is 0 Å². The van der Waals surface area contributed by atoms with E-state index in [0.29, 0.717) is 39.6 Å². The largest absolute Gasteiger partial charge is 0.494 e. The maximum absolute atomic E-state index is 14.5. The first kappa shape index (κ1) is 28.4. The van der Waals surface area contributed by atoms with Gasteiger partial charge < -0.3 is 14.4 Å². The number of amides is 1. The fourth-order valence-corrected chi connectivity index (χ4v) is 6.78. The van der Waals surface area contributed by atoms with E-state index in [0.717, 1.165) is 22.6 Å². The molecule has 0 aliphatic carbocycles. The molecule has 0 fully saturated rings. The number of hydrogen-bond acceptors (Lipinski definition) is 7. The Hall–Kier alpha value is -4.76. The molecule has 0 spiro atoms. The predicted octanol–water partition coefficient (Wildman–Crippen LogP) is 4.46. The van der Waals surface area contributed by atoms with Crippen molar-refractivity contribution in [2.45, 2.75) is 39.8 Å². The fourth-order valence-electron chi connectivity index (χ4n) is 5.69. The van der Waals surface area contributed by atoms with Crippen LogP contribution in [-0.2, 0) is 14.3 Å². The minimum atomic E-state index is -0.844. The molecule has 8 nitrogen and oxygen atoms in total. The molecule has 0 bridgehead atoms. The van der Waals surface area contributed by atoms with Crippen LogP contribution in [0.15, 0.2) is 94.2 Å². The number of esters is 1. The molecule has 43 heavy (non-hydrogen) atoms. The number of nitrogens with zero attached hydrogens (tertiary/aromatic N) is 3. The van der Waals surface area contributed by atoms with Gasteiger partial charge in [0.25, 0.3) is 11.5 Å². The van der Waals surface area contributed by atoms with Crippen LogP contribution in [0.1, 0.15) is 50.4 Å². The number of fused-ring (bicyclic) bond motifs is 2. The Morgan fingerprint density at radius 2 is 1.63 bits per heavy atom. The minimum Gasteiger partial charge on any atom is -0.494 e. The normalized spacial score (nSPS) is 17.1. The molecule has 0 unspecified atom stereocenters. The molecule has 3 heterocycles. The molecule has 218 valence electrons. The van der Waals surface area contributed by atoms with Crippen LogP contribution in [0.4, 0.5) is 5.69 Å². The molecule has 9 heteroatoms. The minimum absolute atomic E-state index is 0.105. The first-order chi connectivity index (χ1) is 20.8. The highest BCUT2D eigenvalue weighted by Crippen LogP contribution is 2.38. The maximum atomic E-state index is 14.5. The lowest BCUT2D eigenvalue weighted by atomic mass is 9.93. The summed E-state index contributed by atoms with van der Waals surface area (Å²) in [4.78, 5) is 49.1. The summed E-state index contributed by atoms with van der Waals surface area (Å²) in [6.07, 6.45) is 0. The Morgan fingerprint density at radius 3 is 2.30 bits per heavy atom. The highest BCUT2D eigenvalue weighted by atomic mass is 32.1. The molecule has 3 aromatic carbocycles. The molecule has 0 saturated carbocycles. The van der Waals surface area contributed by atoms with Gasteiger partial charge in [0, 0.05) is 17.2 Å². The van der Waals surface area contributed by atoms with Crippen LogP contribution in [0.5, 0.6) is 5.75 Å². The Labute approximate surface area is 252 Å². The number of hydrogen-bond donors (Lipinski definition) is 0. The van der Waals surface area contributed by atoms with Crippen LogP contribution < -0.4 is 24.5 Å².